The summed E-state index contributed by atoms with van der Waals surface area (Å²) in [7, 11) is 1.99. The molecular formula is C15H26Cl2N4O. The van der Waals surface area contributed by atoms with Crippen molar-refractivity contribution in [3.05, 3.63) is 18.0 Å². The average molecular weight is 349 g/mol. The van der Waals surface area contributed by atoms with Crippen LogP contribution in [0, 0.1) is 5.92 Å². The summed E-state index contributed by atoms with van der Waals surface area (Å²) in [4.78, 5) is 14.5. The Balaban J connectivity index is 0.00000121. The maximum Gasteiger partial charge on any atom is 0.225 e. The molecule has 0 spiro atoms. The summed E-state index contributed by atoms with van der Waals surface area (Å²) >= 11 is 0. The van der Waals surface area contributed by atoms with Crippen molar-refractivity contribution >= 4 is 30.7 Å². The van der Waals surface area contributed by atoms with E-state index in [0.29, 0.717) is 11.8 Å². The molecule has 2 aliphatic rings. The van der Waals surface area contributed by atoms with Gasteiger partial charge in [-0.25, -0.2) is 0 Å². The van der Waals surface area contributed by atoms with E-state index >= 15 is 0 Å². The van der Waals surface area contributed by atoms with Gasteiger partial charge in [-0.05, 0) is 38.2 Å². The fraction of sp³-hybridized carbons (Fsp3) is 0.733. The second kappa shape index (κ2) is 8.18. The minimum absolute atomic E-state index is 0. The van der Waals surface area contributed by atoms with Crippen LogP contribution in [0.3, 0.4) is 0 Å². The number of rotatable bonds is 2. The van der Waals surface area contributed by atoms with E-state index in [9.17, 15) is 4.79 Å². The monoisotopic (exact) mass is 348 g/mol. The SMILES string of the molecule is Cl.Cl.Cn1nccc1C1CCN(C(=O)C2CCC(N)C2)CC1. The summed E-state index contributed by atoms with van der Waals surface area (Å²) in [5, 5.41) is 4.24. The highest BCUT2D eigenvalue weighted by molar-refractivity contribution is 5.85. The third-order valence-corrected chi connectivity index (χ3v) is 4.91. The van der Waals surface area contributed by atoms with Crippen LogP contribution >= 0.6 is 24.8 Å². The molecule has 7 heteroatoms. The van der Waals surface area contributed by atoms with Gasteiger partial charge in [0, 0.05) is 49.9 Å². The summed E-state index contributed by atoms with van der Waals surface area (Å²) in [6, 6.07) is 2.33. The molecule has 2 N–H and O–H groups in total. The highest BCUT2D eigenvalue weighted by Crippen LogP contribution is 2.31. The van der Waals surface area contributed by atoms with Crippen LogP contribution in [-0.2, 0) is 11.8 Å². The Hall–Kier alpha value is -0.780. The standard InChI is InChI=1S/C15H24N4O.2ClH/c1-18-14(4-7-17-18)11-5-8-19(9-6-11)15(20)12-2-3-13(16)10-12;;/h4,7,11-13H,2-3,5-6,8-10,16H2,1H3;2*1H. The lowest BCUT2D eigenvalue weighted by atomic mass is 9.92. The Kier molecular flexibility index (Phi) is 7.16. The van der Waals surface area contributed by atoms with Gasteiger partial charge in [0.25, 0.3) is 0 Å². The minimum Gasteiger partial charge on any atom is -0.342 e. The first-order valence-electron chi connectivity index (χ1n) is 7.67. The minimum atomic E-state index is 0. The fourth-order valence-electron chi connectivity index (χ4n) is 3.68. The number of hydrogen-bond donors (Lipinski definition) is 1. The molecule has 0 aromatic carbocycles. The predicted octanol–water partition coefficient (Wildman–Crippen LogP) is 2.10. The van der Waals surface area contributed by atoms with Crippen LogP contribution in [0.2, 0.25) is 0 Å². The summed E-state index contributed by atoms with van der Waals surface area (Å²) < 4.78 is 1.96. The van der Waals surface area contributed by atoms with E-state index in [4.69, 9.17) is 5.73 Å². The Morgan fingerprint density at radius 2 is 1.91 bits per heavy atom. The van der Waals surface area contributed by atoms with Crippen LogP contribution in [-0.4, -0.2) is 39.7 Å². The average Bonchev–Trinajstić information content (AvgIpc) is 3.07. The molecule has 126 valence electrons. The van der Waals surface area contributed by atoms with Gasteiger partial charge in [0.15, 0.2) is 0 Å². The number of halogens is 2. The lowest BCUT2D eigenvalue weighted by molar-refractivity contribution is -0.136. The van der Waals surface area contributed by atoms with Crippen LogP contribution in [0.25, 0.3) is 0 Å². The molecule has 1 aliphatic heterocycles. The number of piperidine rings is 1. The van der Waals surface area contributed by atoms with Crippen molar-refractivity contribution in [2.45, 2.75) is 44.1 Å². The van der Waals surface area contributed by atoms with Crippen LogP contribution in [0.15, 0.2) is 12.3 Å². The highest BCUT2D eigenvalue weighted by Gasteiger charge is 2.33. The van der Waals surface area contributed by atoms with Crippen molar-refractivity contribution in [3.63, 3.8) is 0 Å². The summed E-state index contributed by atoms with van der Waals surface area (Å²) in [5.41, 5.74) is 7.21. The van der Waals surface area contributed by atoms with Crippen LogP contribution in [0.1, 0.15) is 43.7 Å². The van der Waals surface area contributed by atoms with E-state index in [-0.39, 0.29) is 36.8 Å². The molecule has 22 heavy (non-hydrogen) atoms. The third kappa shape index (κ3) is 3.94. The Labute approximate surface area is 144 Å². The normalized spacial score (nSPS) is 25.5. The summed E-state index contributed by atoms with van der Waals surface area (Å²) in [6.07, 6.45) is 6.80. The van der Waals surface area contributed by atoms with Crippen molar-refractivity contribution in [2.24, 2.45) is 18.7 Å². The summed E-state index contributed by atoms with van der Waals surface area (Å²) in [5.74, 6) is 1.05. The van der Waals surface area contributed by atoms with Gasteiger partial charge in [-0.15, -0.1) is 24.8 Å². The largest absolute Gasteiger partial charge is 0.342 e. The van der Waals surface area contributed by atoms with Gasteiger partial charge in [-0.2, -0.15) is 5.10 Å². The first kappa shape index (κ1) is 19.3. The Bertz CT molecular complexity index is 486. The topological polar surface area (TPSA) is 64.2 Å². The van der Waals surface area contributed by atoms with Crippen molar-refractivity contribution in [3.8, 4) is 0 Å². The molecule has 1 amide bonds. The molecule has 2 unspecified atom stereocenters. The second-order valence-corrected chi connectivity index (χ2v) is 6.25. The number of aryl methyl sites for hydroxylation is 1. The van der Waals surface area contributed by atoms with Crippen LogP contribution in [0.5, 0.6) is 0 Å². The van der Waals surface area contributed by atoms with Crippen LogP contribution < -0.4 is 5.73 Å². The molecule has 2 atom stereocenters. The molecular weight excluding hydrogens is 323 g/mol. The van der Waals surface area contributed by atoms with E-state index in [0.717, 1.165) is 45.2 Å². The number of nitrogens with zero attached hydrogens (tertiary/aromatic N) is 3. The molecule has 5 nitrogen and oxygen atoms in total. The first-order valence-corrected chi connectivity index (χ1v) is 7.67. The zero-order valence-electron chi connectivity index (χ0n) is 13.0. The van der Waals surface area contributed by atoms with Gasteiger partial charge in [0.1, 0.15) is 0 Å². The van der Waals surface area contributed by atoms with Gasteiger partial charge in [0.05, 0.1) is 0 Å². The van der Waals surface area contributed by atoms with E-state index in [1.165, 1.54) is 5.69 Å². The number of hydrogen-bond acceptors (Lipinski definition) is 3. The molecule has 2 fully saturated rings. The number of likely N-dealkylation sites (tertiary alicyclic amines) is 1. The Morgan fingerprint density at radius 3 is 2.41 bits per heavy atom. The molecule has 1 aromatic heterocycles. The van der Waals surface area contributed by atoms with E-state index in [1.54, 1.807) is 0 Å². The molecule has 2 heterocycles. The highest BCUT2D eigenvalue weighted by atomic mass is 35.5. The number of amides is 1. The second-order valence-electron chi connectivity index (χ2n) is 6.25. The molecule has 1 saturated heterocycles. The van der Waals surface area contributed by atoms with Gasteiger partial charge >= 0.3 is 0 Å². The number of aromatic nitrogens is 2. The van der Waals surface area contributed by atoms with Crippen LogP contribution in [0.4, 0.5) is 0 Å². The van der Waals surface area contributed by atoms with Gasteiger partial charge < -0.3 is 10.6 Å². The quantitative estimate of drug-likeness (QED) is 0.889. The van der Waals surface area contributed by atoms with Gasteiger partial charge in [-0.3, -0.25) is 9.48 Å². The molecule has 0 radical (unpaired) electrons. The molecule has 0 bridgehead atoms. The molecule has 1 aliphatic carbocycles. The Morgan fingerprint density at radius 1 is 1.23 bits per heavy atom. The number of carbonyl (C=O) groups is 1. The number of nitrogens with two attached hydrogens (primary N) is 1. The summed E-state index contributed by atoms with van der Waals surface area (Å²) in [6.45, 7) is 1.75. The lowest BCUT2D eigenvalue weighted by Gasteiger charge is -2.33. The van der Waals surface area contributed by atoms with E-state index in [2.05, 4.69) is 16.1 Å². The lowest BCUT2D eigenvalue weighted by Crippen LogP contribution is -2.41. The molecule has 1 aromatic rings. The maximum absolute atomic E-state index is 12.5. The third-order valence-electron chi connectivity index (χ3n) is 4.91. The van der Waals surface area contributed by atoms with Crippen molar-refractivity contribution in [2.75, 3.05) is 13.1 Å². The van der Waals surface area contributed by atoms with E-state index in [1.807, 2.05) is 17.9 Å². The van der Waals surface area contributed by atoms with E-state index < -0.39 is 0 Å². The fourth-order valence-corrected chi connectivity index (χ4v) is 3.68. The smallest absolute Gasteiger partial charge is 0.225 e. The van der Waals surface area contributed by atoms with Crippen molar-refractivity contribution in [1.82, 2.24) is 14.7 Å². The molecule has 1 saturated carbocycles. The van der Waals surface area contributed by atoms with Crippen molar-refractivity contribution in [1.29, 1.82) is 0 Å². The predicted molar refractivity (Wildman–Crippen MR) is 91.6 cm³/mol. The zero-order valence-corrected chi connectivity index (χ0v) is 14.6. The van der Waals surface area contributed by atoms with Gasteiger partial charge in [-0.1, -0.05) is 0 Å². The van der Waals surface area contributed by atoms with Gasteiger partial charge in [0.2, 0.25) is 5.91 Å². The number of carbonyl (C=O) groups excluding carboxylic acids is 1. The first-order chi connectivity index (χ1) is 9.65. The zero-order chi connectivity index (χ0) is 14.1. The van der Waals surface area contributed by atoms with Crippen molar-refractivity contribution < 1.29 is 4.79 Å². The maximum atomic E-state index is 12.5. The molecule has 3 rings (SSSR count).